The summed E-state index contributed by atoms with van der Waals surface area (Å²) >= 11 is 0. The van der Waals surface area contributed by atoms with Crippen molar-refractivity contribution in [1.29, 1.82) is 0 Å². The molecule has 0 aromatic carbocycles. The van der Waals surface area contributed by atoms with E-state index in [4.69, 9.17) is 5.11 Å². The van der Waals surface area contributed by atoms with E-state index in [1.165, 1.54) is 6.20 Å². The molecule has 1 aromatic heterocycles. The van der Waals surface area contributed by atoms with Crippen molar-refractivity contribution < 1.29 is 18.3 Å². The van der Waals surface area contributed by atoms with Crippen LogP contribution in [0.5, 0.6) is 0 Å². The molecule has 9 heteroatoms. The van der Waals surface area contributed by atoms with Gasteiger partial charge in [-0.25, -0.2) is 13.1 Å². The normalized spacial score (nSPS) is 20.8. The molecule has 2 heterocycles. The lowest BCUT2D eigenvalue weighted by atomic mass is 10.3. The standard InChI is InChI=1S/C10H16N4O4S/c1-13-3-2-8(5-13)12-19(17,18)9-4-11-14(6-9)7-10(15)16/h4,6,8,12H,2-3,5,7H2,1H3,(H,15,16). The third-order valence-electron chi connectivity index (χ3n) is 2.93. The van der Waals surface area contributed by atoms with Crippen LogP contribution < -0.4 is 4.72 Å². The lowest BCUT2D eigenvalue weighted by molar-refractivity contribution is -0.137. The first-order valence-corrected chi connectivity index (χ1v) is 7.30. The van der Waals surface area contributed by atoms with E-state index < -0.39 is 16.0 Å². The van der Waals surface area contributed by atoms with Gasteiger partial charge in [0.1, 0.15) is 11.4 Å². The highest BCUT2D eigenvalue weighted by Gasteiger charge is 2.26. The van der Waals surface area contributed by atoms with Gasteiger partial charge < -0.3 is 10.0 Å². The van der Waals surface area contributed by atoms with Crippen LogP contribution in [-0.4, -0.2) is 60.4 Å². The lowest BCUT2D eigenvalue weighted by Crippen LogP contribution is -2.36. The summed E-state index contributed by atoms with van der Waals surface area (Å²) in [6, 6.07) is -0.113. The minimum Gasteiger partial charge on any atom is -0.480 e. The molecule has 1 saturated heterocycles. The molecule has 1 aliphatic rings. The first-order chi connectivity index (χ1) is 8.87. The summed E-state index contributed by atoms with van der Waals surface area (Å²) in [4.78, 5) is 12.5. The summed E-state index contributed by atoms with van der Waals surface area (Å²) in [5.74, 6) is -1.07. The molecule has 1 atom stereocenters. The fraction of sp³-hybridized carbons (Fsp3) is 0.600. The Morgan fingerprint density at radius 1 is 1.63 bits per heavy atom. The number of nitrogens with zero attached hydrogens (tertiary/aromatic N) is 3. The summed E-state index contributed by atoms with van der Waals surface area (Å²) in [6.45, 7) is 1.16. The third kappa shape index (κ3) is 3.52. The van der Waals surface area contributed by atoms with Gasteiger partial charge >= 0.3 is 5.97 Å². The van der Waals surface area contributed by atoms with Gasteiger partial charge in [-0.1, -0.05) is 0 Å². The minimum absolute atomic E-state index is 0.0108. The van der Waals surface area contributed by atoms with Crippen molar-refractivity contribution in [3.05, 3.63) is 12.4 Å². The monoisotopic (exact) mass is 288 g/mol. The number of likely N-dealkylation sites (tertiary alicyclic amines) is 1. The Hall–Kier alpha value is -1.45. The van der Waals surface area contributed by atoms with Crippen LogP contribution in [0.15, 0.2) is 17.3 Å². The summed E-state index contributed by atoms with van der Waals surface area (Å²) in [6.07, 6.45) is 3.14. The molecule has 8 nitrogen and oxygen atoms in total. The summed E-state index contributed by atoms with van der Waals surface area (Å²) in [5, 5.41) is 12.3. The molecule has 0 aliphatic carbocycles. The van der Waals surface area contributed by atoms with E-state index in [9.17, 15) is 13.2 Å². The first kappa shape index (κ1) is 14.0. The number of rotatable bonds is 5. The molecule has 0 saturated carbocycles. The summed E-state index contributed by atoms with van der Waals surface area (Å²) < 4.78 is 27.8. The van der Waals surface area contributed by atoms with Gasteiger partial charge in [0.15, 0.2) is 0 Å². The Bertz CT molecular complexity index is 568. The molecular weight excluding hydrogens is 272 g/mol. The number of hydrogen-bond acceptors (Lipinski definition) is 5. The Kier molecular flexibility index (Phi) is 3.88. The Morgan fingerprint density at radius 2 is 2.37 bits per heavy atom. The molecular formula is C10H16N4O4S. The zero-order valence-corrected chi connectivity index (χ0v) is 11.3. The van der Waals surface area contributed by atoms with Crippen LogP contribution in [0, 0.1) is 0 Å². The van der Waals surface area contributed by atoms with Gasteiger partial charge in [-0.3, -0.25) is 9.48 Å². The average Bonchev–Trinajstić information content (AvgIpc) is 2.87. The van der Waals surface area contributed by atoms with Crippen LogP contribution in [0.1, 0.15) is 6.42 Å². The van der Waals surface area contributed by atoms with Crippen LogP contribution in [0.2, 0.25) is 0 Å². The van der Waals surface area contributed by atoms with Gasteiger partial charge in [0, 0.05) is 18.8 Å². The van der Waals surface area contributed by atoms with Crippen molar-refractivity contribution in [2.75, 3.05) is 20.1 Å². The Balaban J connectivity index is 2.06. The maximum absolute atomic E-state index is 12.1. The highest BCUT2D eigenvalue weighted by atomic mass is 32.2. The molecule has 1 fully saturated rings. The molecule has 2 N–H and O–H groups in total. The van der Waals surface area contributed by atoms with E-state index in [-0.39, 0.29) is 17.5 Å². The van der Waals surface area contributed by atoms with Gasteiger partial charge in [0.05, 0.1) is 6.20 Å². The number of hydrogen-bond donors (Lipinski definition) is 2. The molecule has 0 spiro atoms. The van der Waals surface area contributed by atoms with Gasteiger partial charge in [0.2, 0.25) is 10.0 Å². The predicted molar refractivity (Wildman–Crippen MR) is 66.1 cm³/mol. The number of carboxylic acid groups (broad SMARTS) is 1. The van der Waals surface area contributed by atoms with Gasteiger partial charge in [-0.2, -0.15) is 5.10 Å². The van der Waals surface area contributed by atoms with E-state index in [1.54, 1.807) is 0 Å². The number of aromatic nitrogens is 2. The van der Waals surface area contributed by atoms with Crippen molar-refractivity contribution >= 4 is 16.0 Å². The maximum atomic E-state index is 12.1. The molecule has 1 aromatic rings. The number of nitrogens with one attached hydrogen (secondary N) is 1. The number of aliphatic carboxylic acids is 1. The number of carboxylic acids is 1. The Morgan fingerprint density at radius 3 is 2.95 bits per heavy atom. The van der Waals surface area contributed by atoms with Gasteiger partial charge in [-0.05, 0) is 20.0 Å². The molecule has 2 rings (SSSR count). The Labute approximate surface area is 111 Å². The van der Waals surface area contributed by atoms with Crippen LogP contribution >= 0.6 is 0 Å². The fourth-order valence-corrected chi connectivity index (χ4v) is 3.24. The van der Waals surface area contributed by atoms with Crippen LogP contribution in [0.25, 0.3) is 0 Å². The number of sulfonamides is 1. The van der Waals surface area contributed by atoms with Crippen molar-refractivity contribution in [3.8, 4) is 0 Å². The molecule has 1 unspecified atom stereocenters. The van der Waals surface area contributed by atoms with Gasteiger partial charge in [-0.15, -0.1) is 0 Å². The summed E-state index contributed by atoms with van der Waals surface area (Å²) in [5.41, 5.74) is 0. The average molecular weight is 288 g/mol. The van der Waals surface area contributed by atoms with Crippen molar-refractivity contribution in [3.63, 3.8) is 0 Å². The van der Waals surface area contributed by atoms with E-state index >= 15 is 0 Å². The van der Waals surface area contributed by atoms with Crippen LogP contribution in [-0.2, 0) is 21.4 Å². The summed E-state index contributed by atoms with van der Waals surface area (Å²) in [7, 11) is -1.71. The molecule has 1 aliphatic heterocycles. The second kappa shape index (κ2) is 5.27. The predicted octanol–water partition coefficient (Wildman–Crippen LogP) is -1.05. The number of likely N-dealkylation sites (N-methyl/N-ethyl adjacent to an activating group) is 1. The smallest absolute Gasteiger partial charge is 0.325 e. The van der Waals surface area contributed by atoms with Crippen LogP contribution in [0.4, 0.5) is 0 Å². The maximum Gasteiger partial charge on any atom is 0.325 e. The molecule has 0 amide bonds. The highest BCUT2D eigenvalue weighted by molar-refractivity contribution is 7.89. The highest BCUT2D eigenvalue weighted by Crippen LogP contribution is 2.12. The zero-order chi connectivity index (χ0) is 14.0. The number of carbonyl (C=O) groups is 1. The van der Waals surface area contributed by atoms with Crippen LogP contribution in [0.3, 0.4) is 0 Å². The fourth-order valence-electron chi connectivity index (χ4n) is 2.03. The third-order valence-corrected chi connectivity index (χ3v) is 4.41. The molecule has 0 bridgehead atoms. The van der Waals surface area contributed by atoms with E-state index in [0.29, 0.717) is 6.54 Å². The van der Waals surface area contributed by atoms with E-state index in [1.807, 2.05) is 11.9 Å². The first-order valence-electron chi connectivity index (χ1n) is 5.82. The van der Waals surface area contributed by atoms with E-state index in [0.717, 1.165) is 23.8 Å². The van der Waals surface area contributed by atoms with Gasteiger partial charge in [0.25, 0.3) is 0 Å². The topological polar surface area (TPSA) is 105 Å². The zero-order valence-electron chi connectivity index (χ0n) is 10.5. The lowest BCUT2D eigenvalue weighted by Gasteiger charge is -2.12. The van der Waals surface area contributed by atoms with Crippen molar-refractivity contribution in [2.45, 2.75) is 23.9 Å². The molecule has 19 heavy (non-hydrogen) atoms. The quantitative estimate of drug-likeness (QED) is 0.716. The van der Waals surface area contributed by atoms with Crippen molar-refractivity contribution in [1.82, 2.24) is 19.4 Å². The SMILES string of the molecule is CN1CCC(NS(=O)(=O)c2cnn(CC(=O)O)c2)C1. The molecule has 0 radical (unpaired) electrons. The largest absolute Gasteiger partial charge is 0.480 e. The van der Waals surface area contributed by atoms with Crippen molar-refractivity contribution in [2.24, 2.45) is 0 Å². The minimum atomic E-state index is -3.64. The second-order valence-electron chi connectivity index (χ2n) is 4.64. The molecule has 106 valence electrons. The second-order valence-corrected chi connectivity index (χ2v) is 6.35. The van der Waals surface area contributed by atoms with E-state index in [2.05, 4.69) is 9.82 Å².